The molecule has 3 nitrogen and oxygen atoms in total. The van der Waals surface area contributed by atoms with Crippen LogP contribution in [0.3, 0.4) is 0 Å². The van der Waals surface area contributed by atoms with E-state index in [0.29, 0.717) is 0 Å². The van der Waals surface area contributed by atoms with E-state index in [1.807, 2.05) is 29.8 Å². The first-order valence-corrected chi connectivity index (χ1v) is 6.36. The summed E-state index contributed by atoms with van der Waals surface area (Å²) in [5.41, 5.74) is 3.02. The lowest BCUT2D eigenvalue weighted by Crippen LogP contribution is -2.19. The van der Waals surface area contributed by atoms with E-state index in [1.165, 1.54) is 6.42 Å². The summed E-state index contributed by atoms with van der Waals surface area (Å²) in [5, 5.41) is 5.74. The van der Waals surface area contributed by atoms with Crippen LogP contribution in [0, 0.1) is 19.3 Å². The van der Waals surface area contributed by atoms with E-state index >= 15 is 0 Å². The molecule has 1 aromatic heterocycles. The molecule has 92 valence electrons. The van der Waals surface area contributed by atoms with E-state index in [9.17, 15) is 0 Å². The molecule has 0 spiro atoms. The van der Waals surface area contributed by atoms with Gasteiger partial charge in [-0.05, 0) is 44.4 Å². The summed E-state index contributed by atoms with van der Waals surface area (Å²) in [6, 6.07) is 6.03. The molecular formula is C15H16N2O. The van der Waals surface area contributed by atoms with Gasteiger partial charge in [0.15, 0.2) is 6.23 Å². The zero-order chi connectivity index (χ0) is 12.5. The van der Waals surface area contributed by atoms with Gasteiger partial charge in [-0.2, -0.15) is 5.10 Å². The van der Waals surface area contributed by atoms with Gasteiger partial charge in [0.2, 0.25) is 0 Å². The molecule has 1 atom stereocenters. The van der Waals surface area contributed by atoms with Crippen molar-refractivity contribution in [1.82, 2.24) is 9.78 Å². The molecule has 0 saturated carbocycles. The second kappa shape index (κ2) is 4.47. The standard InChI is InChI=1S/C15H16N2O/c1-3-12-7-8-14-13(10-12)11(2)16-17(14)15-6-4-5-9-18-15/h1,7-8,10,15H,4-6,9H2,2H3. The van der Waals surface area contributed by atoms with Gasteiger partial charge in [-0.15, -0.1) is 6.42 Å². The quantitative estimate of drug-likeness (QED) is 0.716. The number of aryl methyl sites for hydroxylation is 1. The average Bonchev–Trinajstić information content (AvgIpc) is 2.77. The third-order valence-electron chi connectivity index (χ3n) is 3.49. The minimum Gasteiger partial charge on any atom is -0.356 e. The lowest BCUT2D eigenvalue weighted by Gasteiger charge is -2.23. The van der Waals surface area contributed by atoms with Crippen LogP contribution in [-0.2, 0) is 4.74 Å². The van der Waals surface area contributed by atoms with E-state index in [4.69, 9.17) is 11.2 Å². The predicted octanol–water partition coefficient (Wildman–Crippen LogP) is 3.03. The first kappa shape index (κ1) is 11.3. The molecule has 2 aromatic rings. The van der Waals surface area contributed by atoms with Gasteiger partial charge in [-0.3, -0.25) is 0 Å². The Morgan fingerprint density at radius 2 is 2.33 bits per heavy atom. The van der Waals surface area contributed by atoms with Gasteiger partial charge in [0.25, 0.3) is 0 Å². The molecule has 0 aliphatic carbocycles. The smallest absolute Gasteiger partial charge is 0.150 e. The fraction of sp³-hybridized carbons (Fsp3) is 0.400. The molecule has 18 heavy (non-hydrogen) atoms. The molecular weight excluding hydrogens is 224 g/mol. The second-order valence-corrected chi connectivity index (χ2v) is 4.73. The Hall–Kier alpha value is -1.79. The first-order valence-electron chi connectivity index (χ1n) is 6.36. The topological polar surface area (TPSA) is 27.1 Å². The summed E-state index contributed by atoms with van der Waals surface area (Å²) in [6.45, 7) is 2.84. The van der Waals surface area contributed by atoms with Gasteiger partial charge in [-0.1, -0.05) is 5.92 Å². The van der Waals surface area contributed by atoms with Crippen LogP contribution in [0.25, 0.3) is 10.9 Å². The highest BCUT2D eigenvalue weighted by atomic mass is 16.5. The van der Waals surface area contributed by atoms with Crippen LogP contribution in [0.4, 0.5) is 0 Å². The Morgan fingerprint density at radius 3 is 3.06 bits per heavy atom. The number of aromatic nitrogens is 2. The van der Waals surface area contributed by atoms with E-state index in [-0.39, 0.29) is 6.23 Å². The summed E-state index contributed by atoms with van der Waals surface area (Å²) in [7, 11) is 0. The fourth-order valence-electron chi connectivity index (χ4n) is 2.52. The zero-order valence-corrected chi connectivity index (χ0v) is 10.5. The van der Waals surface area contributed by atoms with Crippen molar-refractivity contribution in [3.05, 3.63) is 29.5 Å². The Balaban J connectivity index is 2.10. The highest BCUT2D eigenvalue weighted by molar-refractivity contribution is 5.83. The largest absolute Gasteiger partial charge is 0.356 e. The number of nitrogens with zero attached hydrogens (tertiary/aromatic N) is 2. The molecule has 1 saturated heterocycles. The Kier molecular flexibility index (Phi) is 2.81. The molecule has 0 bridgehead atoms. The van der Waals surface area contributed by atoms with Crippen LogP contribution < -0.4 is 0 Å². The summed E-state index contributed by atoms with van der Waals surface area (Å²) < 4.78 is 7.81. The monoisotopic (exact) mass is 240 g/mol. The van der Waals surface area contributed by atoms with Crippen molar-refractivity contribution in [3.63, 3.8) is 0 Å². The van der Waals surface area contributed by atoms with Gasteiger partial charge in [0.1, 0.15) is 0 Å². The van der Waals surface area contributed by atoms with Crippen LogP contribution >= 0.6 is 0 Å². The summed E-state index contributed by atoms with van der Waals surface area (Å²) in [5.74, 6) is 2.67. The lowest BCUT2D eigenvalue weighted by atomic mass is 10.1. The molecule has 1 aliphatic heterocycles. The van der Waals surface area contributed by atoms with Crippen molar-refractivity contribution in [3.8, 4) is 12.3 Å². The summed E-state index contributed by atoms with van der Waals surface area (Å²) in [4.78, 5) is 0. The Bertz CT molecular complexity index is 615. The van der Waals surface area contributed by atoms with Gasteiger partial charge < -0.3 is 4.74 Å². The van der Waals surface area contributed by atoms with Gasteiger partial charge >= 0.3 is 0 Å². The number of benzene rings is 1. The maximum atomic E-state index is 5.80. The van der Waals surface area contributed by atoms with Crippen LogP contribution in [-0.4, -0.2) is 16.4 Å². The first-order chi connectivity index (χ1) is 8.79. The van der Waals surface area contributed by atoms with E-state index in [1.54, 1.807) is 0 Å². The normalized spacial score (nSPS) is 19.9. The maximum absolute atomic E-state index is 5.80. The number of terminal acetylenes is 1. The molecule has 1 fully saturated rings. The SMILES string of the molecule is C#Cc1ccc2c(c1)c(C)nn2C1CCCCO1. The highest BCUT2D eigenvalue weighted by Crippen LogP contribution is 2.28. The van der Waals surface area contributed by atoms with Crippen molar-refractivity contribution in [2.24, 2.45) is 0 Å². The van der Waals surface area contributed by atoms with Gasteiger partial charge in [0, 0.05) is 17.6 Å². The molecule has 1 aromatic carbocycles. The van der Waals surface area contributed by atoms with Crippen molar-refractivity contribution < 1.29 is 4.74 Å². The molecule has 3 rings (SSSR count). The highest BCUT2D eigenvalue weighted by Gasteiger charge is 2.19. The molecule has 1 aliphatic rings. The lowest BCUT2D eigenvalue weighted by molar-refractivity contribution is -0.0368. The molecule has 0 radical (unpaired) electrons. The summed E-state index contributed by atoms with van der Waals surface area (Å²) in [6.07, 6.45) is 8.90. The number of hydrogen-bond acceptors (Lipinski definition) is 2. The molecule has 1 unspecified atom stereocenters. The van der Waals surface area contributed by atoms with Crippen molar-refractivity contribution in [2.75, 3.05) is 6.61 Å². The number of ether oxygens (including phenoxy) is 1. The van der Waals surface area contributed by atoms with E-state index in [0.717, 1.165) is 41.6 Å². The Morgan fingerprint density at radius 1 is 1.44 bits per heavy atom. The van der Waals surface area contributed by atoms with Crippen LogP contribution in [0.2, 0.25) is 0 Å². The predicted molar refractivity (Wildman–Crippen MR) is 71.2 cm³/mol. The maximum Gasteiger partial charge on any atom is 0.150 e. The third-order valence-corrected chi connectivity index (χ3v) is 3.49. The van der Waals surface area contributed by atoms with Crippen molar-refractivity contribution >= 4 is 10.9 Å². The van der Waals surface area contributed by atoms with Crippen LogP contribution in [0.5, 0.6) is 0 Å². The second-order valence-electron chi connectivity index (χ2n) is 4.73. The van der Waals surface area contributed by atoms with Crippen molar-refractivity contribution in [2.45, 2.75) is 32.4 Å². The average molecular weight is 240 g/mol. The third kappa shape index (κ3) is 1.79. The van der Waals surface area contributed by atoms with Gasteiger partial charge in [0.05, 0.1) is 11.2 Å². The molecule has 3 heteroatoms. The van der Waals surface area contributed by atoms with E-state index < -0.39 is 0 Å². The Labute approximate surface area is 107 Å². The molecule has 2 heterocycles. The molecule has 0 N–H and O–H groups in total. The number of hydrogen-bond donors (Lipinski definition) is 0. The number of rotatable bonds is 1. The van der Waals surface area contributed by atoms with Crippen LogP contribution in [0.1, 0.15) is 36.7 Å². The minimum atomic E-state index is 0.0756. The summed E-state index contributed by atoms with van der Waals surface area (Å²) >= 11 is 0. The van der Waals surface area contributed by atoms with E-state index in [2.05, 4.69) is 11.0 Å². The zero-order valence-electron chi connectivity index (χ0n) is 10.5. The minimum absolute atomic E-state index is 0.0756. The van der Waals surface area contributed by atoms with Gasteiger partial charge in [-0.25, -0.2) is 4.68 Å². The molecule has 0 amide bonds. The van der Waals surface area contributed by atoms with Crippen molar-refractivity contribution in [1.29, 1.82) is 0 Å². The number of fused-ring (bicyclic) bond motifs is 1. The van der Waals surface area contributed by atoms with Crippen LogP contribution in [0.15, 0.2) is 18.2 Å². The fourth-order valence-corrected chi connectivity index (χ4v) is 2.52.